The molecular weight excluding hydrogens is 905 g/mol. The monoisotopic (exact) mass is 985 g/mol. The Kier molecular flexibility index (Phi) is 15.6. The molecule has 0 aromatic heterocycles. The highest BCUT2D eigenvalue weighted by atomic mass is 16.8. The number of fused-ring (bicyclic) bond motifs is 5. The number of aliphatic hydroxyl groups excluding tert-OH is 2. The number of aliphatic hydroxyl groups is 5. The van der Waals surface area contributed by atoms with Crippen molar-refractivity contribution < 1.29 is 92.0 Å². The van der Waals surface area contributed by atoms with E-state index in [1.807, 2.05) is 26.8 Å². The van der Waals surface area contributed by atoms with E-state index in [-0.39, 0.29) is 44.3 Å². The molecular formula is C50H80O19. The van der Waals surface area contributed by atoms with Crippen LogP contribution < -0.4 is 0 Å². The van der Waals surface area contributed by atoms with E-state index >= 15 is 0 Å². The molecule has 394 valence electrons. The van der Waals surface area contributed by atoms with Crippen LogP contribution >= 0.6 is 0 Å². The summed E-state index contributed by atoms with van der Waals surface area (Å²) in [6.07, 6.45) is -5.60. The zero-order valence-corrected chi connectivity index (χ0v) is 42.3. The first kappa shape index (κ1) is 53.5. The molecule has 16 unspecified atom stereocenters. The first-order chi connectivity index (χ1) is 32.5. The van der Waals surface area contributed by atoms with E-state index in [2.05, 4.69) is 6.92 Å². The van der Waals surface area contributed by atoms with Gasteiger partial charge in [-0.1, -0.05) is 18.6 Å². The number of hydrogen-bond acceptors (Lipinski definition) is 19. The van der Waals surface area contributed by atoms with Crippen molar-refractivity contribution in [1.29, 1.82) is 0 Å². The van der Waals surface area contributed by atoms with Crippen LogP contribution in [0.25, 0.3) is 0 Å². The van der Waals surface area contributed by atoms with Gasteiger partial charge in [-0.05, 0) is 91.9 Å². The van der Waals surface area contributed by atoms with Crippen molar-refractivity contribution in [2.24, 2.45) is 16.7 Å². The first-order valence-corrected chi connectivity index (χ1v) is 25.2. The molecule has 4 aliphatic carbocycles. The Bertz CT molecular complexity index is 1860. The Balaban J connectivity index is 0.849. The third kappa shape index (κ3) is 9.21. The number of ketones is 1. The molecule has 3 saturated carbocycles. The quantitative estimate of drug-likeness (QED) is 0.132. The summed E-state index contributed by atoms with van der Waals surface area (Å²) in [6.45, 7) is 13.6. The molecule has 69 heavy (non-hydrogen) atoms. The van der Waals surface area contributed by atoms with Crippen LogP contribution in [0.3, 0.4) is 0 Å². The number of rotatable bonds is 13. The molecule has 24 atom stereocenters. The van der Waals surface area contributed by atoms with Gasteiger partial charge in [-0.25, -0.2) is 0 Å². The Labute approximate surface area is 406 Å². The fourth-order valence-electron chi connectivity index (χ4n) is 14.1. The average Bonchev–Trinajstić information content (AvgIpc) is 3.52. The Morgan fingerprint density at radius 3 is 1.68 bits per heavy atom. The maximum Gasteiger partial charge on any atom is 0.302 e. The van der Waals surface area contributed by atoms with E-state index in [1.54, 1.807) is 35.2 Å². The predicted molar refractivity (Wildman–Crippen MR) is 241 cm³/mol. The van der Waals surface area contributed by atoms with Crippen LogP contribution in [-0.2, 0) is 66.4 Å². The molecule has 19 nitrogen and oxygen atoms in total. The molecule has 8 aliphatic rings. The number of ether oxygens (including phenoxy) is 12. The van der Waals surface area contributed by atoms with Gasteiger partial charge in [0.1, 0.15) is 47.3 Å². The van der Waals surface area contributed by atoms with Crippen molar-refractivity contribution in [3.63, 3.8) is 0 Å². The molecule has 0 amide bonds. The van der Waals surface area contributed by atoms with Gasteiger partial charge in [-0.3, -0.25) is 9.59 Å². The van der Waals surface area contributed by atoms with Gasteiger partial charge < -0.3 is 82.4 Å². The molecule has 8 rings (SSSR count). The summed E-state index contributed by atoms with van der Waals surface area (Å²) in [5, 5.41) is 59.2. The molecule has 0 spiro atoms. The van der Waals surface area contributed by atoms with E-state index in [0.29, 0.717) is 38.5 Å². The SMILES string of the molecule is COC1CC(OC2C(C)OC(OC3C(C)OC(OC4C(O)CC(O[C@H]5CC[C@@]6(C)C(=CC[C@]7(O)[C@@H]6C[C@@H](OC(C)=O)[C@@]6(C)[C@]7(O)CC[C@@]6(O)C(C)=O)C5)OC4C)CC3OC)CC2OC)OC(C)C1O. The smallest absolute Gasteiger partial charge is 0.302 e. The van der Waals surface area contributed by atoms with Crippen LogP contribution in [-0.4, -0.2) is 186 Å². The maximum atomic E-state index is 13.0. The molecule has 0 aromatic rings. The lowest BCUT2D eigenvalue weighted by atomic mass is 9.42. The number of methoxy groups -OCH3 is 3. The van der Waals surface area contributed by atoms with E-state index < -0.39 is 144 Å². The van der Waals surface area contributed by atoms with Gasteiger partial charge in [0.05, 0.1) is 60.4 Å². The molecule has 0 bridgehead atoms. The summed E-state index contributed by atoms with van der Waals surface area (Å²) in [7, 11) is 4.78. The van der Waals surface area contributed by atoms with Crippen LogP contribution in [0.4, 0.5) is 0 Å². The van der Waals surface area contributed by atoms with Gasteiger partial charge in [0.15, 0.2) is 30.9 Å². The summed E-state index contributed by atoms with van der Waals surface area (Å²) in [5.41, 5.74) is -6.82. The van der Waals surface area contributed by atoms with Gasteiger partial charge in [0.25, 0.3) is 0 Å². The lowest BCUT2D eigenvalue weighted by molar-refractivity contribution is -0.346. The van der Waals surface area contributed by atoms with Gasteiger partial charge in [-0.2, -0.15) is 0 Å². The van der Waals surface area contributed by atoms with E-state index in [0.717, 1.165) is 5.57 Å². The van der Waals surface area contributed by atoms with Gasteiger partial charge in [0.2, 0.25) is 0 Å². The van der Waals surface area contributed by atoms with E-state index in [4.69, 9.17) is 56.8 Å². The molecule has 0 aromatic carbocycles. The standard InChI is InChI=1S/C50H80O19/c1-24-42(54)33(58-9)20-39(61-24)68-44-27(4)64-41(22-35(44)60-11)69-45-26(3)63-40(21-34(45)59-10)67-43-25(2)62-38(19-32(43)53)66-31-13-14-46(7)30(18-31)12-15-49(56)36(46)23-37(65-29(6)52)47(8)48(55,28(5)51)16-17-50(47,49)57/h12,24-27,31-45,53-57H,13-23H2,1-11H3/t24?,25?,26?,27?,31-,32?,33?,34?,35?,36+,37+,38?,39?,40?,41?,42?,43?,44?,45?,46-,47+,48+,49-,50+/m0/s1. The van der Waals surface area contributed by atoms with Crippen molar-refractivity contribution >= 4 is 11.8 Å². The van der Waals surface area contributed by atoms with Gasteiger partial charge in [-0.15, -0.1) is 0 Å². The Hall–Kier alpha value is -1.76. The molecule has 4 aliphatic heterocycles. The minimum absolute atomic E-state index is 0.0299. The Morgan fingerprint density at radius 2 is 1.16 bits per heavy atom. The lowest BCUT2D eigenvalue weighted by Crippen LogP contribution is -2.78. The highest BCUT2D eigenvalue weighted by Gasteiger charge is 2.81. The topological polar surface area (TPSA) is 246 Å². The fraction of sp³-hybridized carbons (Fsp3) is 0.920. The fourth-order valence-corrected chi connectivity index (χ4v) is 14.1. The first-order valence-electron chi connectivity index (χ1n) is 25.2. The second kappa shape index (κ2) is 20.2. The molecule has 19 heteroatoms. The van der Waals surface area contributed by atoms with Crippen LogP contribution in [0.1, 0.15) is 126 Å². The average molecular weight is 985 g/mol. The third-order valence-electron chi connectivity index (χ3n) is 18.2. The summed E-state index contributed by atoms with van der Waals surface area (Å²) in [6, 6.07) is 0. The number of carbonyl (C=O) groups is 2. The van der Waals surface area contributed by atoms with Crippen LogP contribution in [0.5, 0.6) is 0 Å². The largest absolute Gasteiger partial charge is 0.462 e. The summed E-state index contributed by atoms with van der Waals surface area (Å²) in [5.74, 6) is -1.68. The lowest BCUT2D eigenvalue weighted by Gasteiger charge is -2.67. The maximum absolute atomic E-state index is 13.0. The summed E-state index contributed by atoms with van der Waals surface area (Å²) >= 11 is 0. The number of Topliss-reactive ketones (excluding diaryl/α,β-unsaturated/α-hetero) is 1. The molecule has 0 radical (unpaired) electrons. The second-order valence-corrected chi connectivity index (χ2v) is 21.8. The predicted octanol–water partition coefficient (Wildman–Crippen LogP) is 2.89. The Morgan fingerprint density at radius 1 is 0.652 bits per heavy atom. The minimum atomic E-state index is -1.99. The molecule has 4 saturated heterocycles. The molecule has 7 fully saturated rings. The highest BCUT2D eigenvalue weighted by molar-refractivity contribution is 5.87. The van der Waals surface area contributed by atoms with Crippen LogP contribution in [0, 0.1) is 16.7 Å². The third-order valence-corrected chi connectivity index (χ3v) is 18.2. The van der Waals surface area contributed by atoms with Gasteiger partial charge in [0, 0.05) is 59.9 Å². The minimum Gasteiger partial charge on any atom is -0.462 e. The number of esters is 1. The van der Waals surface area contributed by atoms with E-state index in [9.17, 15) is 35.1 Å². The van der Waals surface area contributed by atoms with Crippen molar-refractivity contribution in [3.8, 4) is 0 Å². The number of hydrogen-bond donors (Lipinski definition) is 5. The second-order valence-electron chi connectivity index (χ2n) is 21.8. The molecule has 4 heterocycles. The summed E-state index contributed by atoms with van der Waals surface area (Å²) < 4.78 is 74.1. The van der Waals surface area contributed by atoms with Gasteiger partial charge >= 0.3 is 5.97 Å². The van der Waals surface area contributed by atoms with Crippen molar-refractivity contribution in [1.82, 2.24) is 0 Å². The summed E-state index contributed by atoms with van der Waals surface area (Å²) in [4.78, 5) is 25.5. The van der Waals surface area contributed by atoms with Crippen molar-refractivity contribution in [2.75, 3.05) is 21.3 Å². The zero-order valence-electron chi connectivity index (χ0n) is 42.3. The van der Waals surface area contributed by atoms with E-state index in [1.165, 1.54) is 13.8 Å². The highest BCUT2D eigenvalue weighted by Crippen LogP contribution is 2.71. The number of carbonyl (C=O) groups excluding carboxylic acids is 2. The van der Waals surface area contributed by atoms with Crippen LogP contribution in [0.2, 0.25) is 0 Å². The normalized spacial score (nSPS) is 52.2. The van der Waals surface area contributed by atoms with Crippen molar-refractivity contribution in [3.05, 3.63) is 11.6 Å². The molecule has 5 N–H and O–H groups in total. The van der Waals surface area contributed by atoms with Crippen LogP contribution in [0.15, 0.2) is 11.6 Å². The zero-order chi connectivity index (χ0) is 50.2. The van der Waals surface area contributed by atoms with Crippen molar-refractivity contribution in [2.45, 2.75) is 253 Å².